The molecule has 9 heavy (non-hydrogen) atoms. The Bertz CT molecular complexity index is 147. The molecular formula is C4H9ClN4. The minimum absolute atomic E-state index is 0.0255. The Labute approximate surface area is 58.4 Å². The molecule has 0 rings (SSSR count). The molecule has 6 N–H and O–H groups in total. The van der Waals surface area contributed by atoms with Gasteiger partial charge in [-0.2, -0.15) is 0 Å². The summed E-state index contributed by atoms with van der Waals surface area (Å²) in [5.74, 6) is 0.0255. The van der Waals surface area contributed by atoms with E-state index >= 15 is 0 Å². The normalized spacial score (nSPS) is 8.22. The molecular weight excluding hydrogens is 140 g/mol. The molecule has 0 saturated carbocycles. The van der Waals surface area contributed by atoms with Crippen molar-refractivity contribution in [1.82, 2.24) is 5.32 Å². The van der Waals surface area contributed by atoms with Gasteiger partial charge in [0, 0.05) is 7.05 Å². The van der Waals surface area contributed by atoms with Crippen molar-refractivity contribution < 1.29 is 0 Å². The molecule has 0 atom stereocenters. The van der Waals surface area contributed by atoms with Crippen LogP contribution in [0.1, 0.15) is 0 Å². The first kappa shape index (κ1) is 8.10. The molecule has 0 radical (unpaired) electrons. The van der Waals surface area contributed by atoms with E-state index in [0.29, 0.717) is 0 Å². The van der Waals surface area contributed by atoms with Crippen LogP contribution in [0.15, 0.2) is 11.5 Å². The minimum atomic E-state index is -0.183. The number of halogens is 1. The first-order valence-corrected chi connectivity index (χ1v) is 2.64. The van der Waals surface area contributed by atoms with Crippen molar-refractivity contribution in [3.8, 4) is 0 Å². The Hall–Kier alpha value is -0.900. The van der Waals surface area contributed by atoms with Gasteiger partial charge >= 0.3 is 0 Å². The van der Waals surface area contributed by atoms with Gasteiger partial charge < -0.3 is 16.8 Å². The summed E-state index contributed by atoms with van der Waals surface area (Å²) in [6.45, 7) is 0. The van der Waals surface area contributed by atoms with Crippen LogP contribution < -0.4 is 16.8 Å². The van der Waals surface area contributed by atoms with Crippen molar-refractivity contribution in [2.45, 2.75) is 0 Å². The van der Waals surface area contributed by atoms with Crippen LogP contribution in [-0.4, -0.2) is 12.2 Å². The zero-order chi connectivity index (χ0) is 7.44. The van der Waals surface area contributed by atoms with E-state index in [9.17, 15) is 0 Å². The maximum absolute atomic E-state index is 6.87. The molecule has 0 aliphatic heterocycles. The van der Waals surface area contributed by atoms with Crippen LogP contribution in [0.3, 0.4) is 0 Å². The highest BCUT2D eigenvalue weighted by molar-refractivity contribution is 6.68. The Morgan fingerprint density at radius 2 is 2.00 bits per heavy atom. The number of rotatable bonds is 2. The third-order valence-corrected chi connectivity index (χ3v) is 0.947. The van der Waals surface area contributed by atoms with Crippen LogP contribution in [0.5, 0.6) is 0 Å². The van der Waals surface area contributed by atoms with Crippen LogP contribution in [0.4, 0.5) is 0 Å². The van der Waals surface area contributed by atoms with Crippen molar-refractivity contribution in [2.75, 3.05) is 7.05 Å². The van der Waals surface area contributed by atoms with Crippen LogP contribution in [-0.2, 0) is 0 Å². The van der Waals surface area contributed by atoms with Crippen molar-refractivity contribution >= 4 is 16.8 Å². The lowest BCUT2D eigenvalue weighted by molar-refractivity contribution is 1.00. The van der Waals surface area contributed by atoms with E-state index in [1.165, 1.54) is 0 Å². The first-order valence-electron chi connectivity index (χ1n) is 2.27. The summed E-state index contributed by atoms with van der Waals surface area (Å²) >= 11 is 5.24. The summed E-state index contributed by atoms with van der Waals surface area (Å²) in [5.41, 5.74) is 10.5. The zero-order valence-electron chi connectivity index (χ0n) is 5.03. The van der Waals surface area contributed by atoms with E-state index in [1.54, 1.807) is 7.05 Å². The monoisotopic (exact) mass is 148 g/mol. The smallest absolute Gasteiger partial charge is 0.147 e. The summed E-state index contributed by atoms with van der Waals surface area (Å²) in [6.07, 6.45) is 0. The van der Waals surface area contributed by atoms with Crippen molar-refractivity contribution in [2.24, 2.45) is 11.5 Å². The second kappa shape index (κ2) is 3.19. The molecule has 0 unspecified atom stereocenters. The lowest BCUT2D eigenvalue weighted by Crippen LogP contribution is -2.23. The molecule has 0 bridgehead atoms. The van der Waals surface area contributed by atoms with Gasteiger partial charge in [-0.05, 0) is 0 Å². The minimum Gasteiger partial charge on any atom is -0.384 e. The molecule has 0 amide bonds. The summed E-state index contributed by atoms with van der Waals surface area (Å²) in [4.78, 5) is 0. The number of hydrogen-bond acceptors (Lipinski definition) is 4. The Morgan fingerprint density at radius 1 is 1.56 bits per heavy atom. The predicted octanol–water partition coefficient (Wildman–Crippen LogP) is -0.492. The average molecular weight is 149 g/mol. The van der Waals surface area contributed by atoms with E-state index in [-0.39, 0.29) is 16.7 Å². The van der Waals surface area contributed by atoms with Gasteiger partial charge in [0.2, 0.25) is 0 Å². The molecule has 0 aromatic rings. The second-order valence-electron chi connectivity index (χ2n) is 1.39. The van der Waals surface area contributed by atoms with Crippen molar-refractivity contribution in [1.29, 1.82) is 5.41 Å². The molecule has 0 aromatic carbocycles. The van der Waals surface area contributed by atoms with Gasteiger partial charge in [-0.25, -0.2) is 0 Å². The molecule has 0 aromatic heterocycles. The van der Waals surface area contributed by atoms with E-state index in [4.69, 9.17) is 28.5 Å². The van der Waals surface area contributed by atoms with Crippen LogP contribution in [0, 0.1) is 5.41 Å². The molecule has 0 aliphatic rings. The molecule has 0 saturated heterocycles. The summed E-state index contributed by atoms with van der Waals surface area (Å²) in [7, 11) is 1.59. The fraction of sp³-hybridized carbons (Fsp3) is 0.250. The van der Waals surface area contributed by atoms with Gasteiger partial charge in [0.1, 0.15) is 16.7 Å². The van der Waals surface area contributed by atoms with Crippen LogP contribution in [0.2, 0.25) is 0 Å². The Kier molecular flexibility index (Phi) is 2.87. The van der Waals surface area contributed by atoms with Crippen molar-refractivity contribution in [3.05, 3.63) is 11.5 Å². The van der Waals surface area contributed by atoms with E-state index < -0.39 is 0 Å². The fourth-order valence-corrected chi connectivity index (χ4v) is 0.584. The maximum Gasteiger partial charge on any atom is 0.147 e. The SMILES string of the molecule is CNC(C(=N)Cl)=C(N)N. The molecule has 0 heterocycles. The Morgan fingerprint density at radius 3 is 2.00 bits per heavy atom. The molecule has 5 heteroatoms. The van der Waals surface area contributed by atoms with Crippen LogP contribution in [0.25, 0.3) is 0 Å². The topological polar surface area (TPSA) is 87.9 Å². The molecule has 4 nitrogen and oxygen atoms in total. The van der Waals surface area contributed by atoms with Gasteiger partial charge in [-0.1, -0.05) is 11.6 Å². The molecule has 0 aliphatic carbocycles. The number of allylic oxidation sites excluding steroid dienone is 1. The zero-order valence-corrected chi connectivity index (χ0v) is 5.79. The third-order valence-electron chi connectivity index (χ3n) is 0.758. The summed E-state index contributed by atoms with van der Waals surface area (Å²) < 4.78 is 0. The first-order chi connectivity index (χ1) is 4.09. The molecule has 0 spiro atoms. The molecule has 0 fully saturated rings. The van der Waals surface area contributed by atoms with Gasteiger partial charge in [-0.15, -0.1) is 0 Å². The standard InChI is InChI=1S/C4H9ClN4/c1-9-2(3(5)6)4(7)8/h6,9H,7-8H2,1H3. The Balaban J connectivity index is 4.35. The average Bonchev–Trinajstić information content (AvgIpc) is 1.64. The lowest BCUT2D eigenvalue weighted by Gasteiger charge is -2.02. The number of nitrogens with two attached hydrogens (primary N) is 2. The quantitative estimate of drug-likeness (QED) is 0.399. The highest BCUT2D eigenvalue weighted by Gasteiger charge is 2.00. The van der Waals surface area contributed by atoms with E-state index in [2.05, 4.69) is 5.32 Å². The third kappa shape index (κ3) is 2.23. The van der Waals surface area contributed by atoms with Gasteiger partial charge in [-0.3, -0.25) is 5.41 Å². The fourth-order valence-electron chi connectivity index (χ4n) is 0.381. The molecule has 52 valence electrons. The maximum atomic E-state index is 6.87. The lowest BCUT2D eigenvalue weighted by atomic mass is 10.4. The second-order valence-corrected chi connectivity index (χ2v) is 1.77. The van der Waals surface area contributed by atoms with Crippen molar-refractivity contribution in [3.63, 3.8) is 0 Å². The summed E-state index contributed by atoms with van der Waals surface area (Å²) in [6, 6.07) is 0. The highest BCUT2D eigenvalue weighted by atomic mass is 35.5. The number of hydrogen-bond donors (Lipinski definition) is 4. The largest absolute Gasteiger partial charge is 0.384 e. The van der Waals surface area contributed by atoms with Gasteiger partial charge in [0.05, 0.1) is 0 Å². The highest BCUT2D eigenvalue weighted by Crippen LogP contribution is 1.94. The number of nitrogens with one attached hydrogen (secondary N) is 2. The summed E-state index contributed by atoms with van der Waals surface area (Å²) in [5, 5.41) is 9.26. The van der Waals surface area contributed by atoms with Gasteiger partial charge in [0.15, 0.2) is 0 Å². The van der Waals surface area contributed by atoms with Crippen LogP contribution >= 0.6 is 11.6 Å². The predicted molar refractivity (Wildman–Crippen MR) is 38.0 cm³/mol. The van der Waals surface area contributed by atoms with Gasteiger partial charge in [0.25, 0.3) is 0 Å². The van der Waals surface area contributed by atoms with E-state index in [1.807, 2.05) is 0 Å². The van der Waals surface area contributed by atoms with E-state index in [0.717, 1.165) is 0 Å².